The van der Waals surface area contributed by atoms with Crippen LogP contribution in [-0.4, -0.2) is 11.9 Å². The van der Waals surface area contributed by atoms with Gasteiger partial charge in [-0.2, -0.15) is 0 Å². The average Bonchev–Trinajstić information content (AvgIpc) is 2.21. The van der Waals surface area contributed by atoms with Crippen LogP contribution in [0.2, 0.25) is 5.02 Å². The third-order valence-corrected chi connectivity index (χ3v) is 3.16. The SMILES string of the molecule is CC(N)CCCC(=O)Nc1ccc(Cl)cc1Br. The first kappa shape index (κ1) is 14.5. The van der Waals surface area contributed by atoms with Crippen LogP contribution in [0.1, 0.15) is 26.2 Å². The number of anilines is 1. The molecular weight excluding hydrogens is 304 g/mol. The molecule has 17 heavy (non-hydrogen) atoms. The first-order chi connectivity index (χ1) is 7.99. The fraction of sp³-hybridized carbons (Fsp3) is 0.417. The number of benzene rings is 1. The van der Waals surface area contributed by atoms with Crippen molar-refractivity contribution in [2.24, 2.45) is 5.73 Å². The molecule has 0 aromatic heterocycles. The lowest BCUT2D eigenvalue weighted by Crippen LogP contribution is -2.16. The van der Waals surface area contributed by atoms with Crippen LogP contribution in [-0.2, 0) is 4.79 Å². The summed E-state index contributed by atoms with van der Waals surface area (Å²) in [6, 6.07) is 5.41. The Balaban J connectivity index is 2.45. The Labute approximate surface area is 115 Å². The molecule has 1 aromatic carbocycles. The van der Waals surface area contributed by atoms with Crippen LogP contribution in [0.4, 0.5) is 5.69 Å². The second-order valence-electron chi connectivity index (χ2n) is 4.04. The normalized spacial score (nSPS) is 12.2. The summed E-state index contributed by atoms with van der Waals surface area (Å²) in [4.78, 5) is 11.6. The van der Waals surface area contributed by atoms with E-state index in [-0.39, 0.29) is 11.9 Å². The molecule has 5 heteroatoms. The average molecular weight is 320 g/mol. The van der Waals surface area contributed by atoms with E-state index in [1.165, 1.54) is 0 Å². The number of nitrogens with one attached hydrogen (secondary N) is 1. The minimum atomic E-state index is -0.00586. The predicted molar refractivity (Wildman–Crippen MR) is 75.3 cm³/mol. The highest BCUT2D eigenvalue weighted by Gasteiger charge is 2.06. The van der Waals surface area contributed by atoms with Crippen molar-refractivity contribution in [1.29, 1.82) is 0 Å². The van der Waals surface area contributed by atoms with Crippen LogP contribution < -0.4 is 11.1 Å². The second-order valence-corrected chi connectivity index (χ2v) is 5.33. The molecule has 3 N–H and O–H groups in total. The Morgan fingerprint density at radius 3 is 2.88 bits per heavy atom. The topological polar surface area (TPSA) is 55.1 Å². The van der Waals surface area contributed by atoms with Crippen molar-refractivity contribution in [3.05, 3.63) is 27.7 Å². The van der Waals surface area contributed by atoms with Crippen LogP contribution >= 0.6 is 27.5 Å². The first-order valence-electron chi connectivity index (χ1n) is 5.49. The largest absolute Gasteiger partial charge is 0.328 e. The summed E-state index contributed by atoms with van der Waals surface area (Å²) in [7, 11) is 0. The number of halogens is 2. The van der Waals surface area contributed by atoms with Crippen LogP contribution in [0, 0.1) is 0 Å². The van der Waals surface area contributed by atoms with Crippen molar-refractivity contribution in [3.63, 3.8) is 0 Å². The highest BCUT2D eigenvalue weighted by Crippen LogP contribution is 2.26. The molecule has 1 aromatic rings. The number of hydrogen-bond donors (Lipinski definition) is 2. The summed E-state index contributed by atoms with van der Waals surface area (Å²) < 4.78 is 0.783. The Morgan fingerprint density at radius 1 is 1.59 bits per heavy atom. The lowest BCUT2D eigenvalue weighted by Gasteiger charge is -2.08. The Hall–Kier alpha value is -0.580. The fourth-order valence-electron chi connectivity index (χ4n) is 1.39. The highest BCUT2D eigenvalue weighted by atomic mass is 79.9. The fourth-order valence-corrected chi connectivity index (χ4v) is 2.17. The number of rotatable bonds is 5. The van der Waals surface area contributed by atoms with E-state index in [0.717, 1.165) is 23.0 Å². The summed E-state index contributed by atoms with van der Waals surface area (Å²) in [5, 5.41) is 3.46. The van der Waals surface area contributed by atoms with Gasteiger partial charge in [-0.1, -0.05) is 11.6 Å². The molecule has 3 nitrogen and oxygen atoms in total. The molecule has 0 spiro atoms. The van der Waals surface area contributed by atoms with Gasteiger partial charge in [0.05, 0.1) is 5.69 Å². The van der Waals surface area contributed by atoms with Crippen molar-refractivity contribution in [2.75, 3.05) is 5.32 Å². The minimum absolute atomic E-state index is 0.00586. The van der Waals surface area contributed by atoms with Gasteiger partial charge < -0.3 is 11.1 Å². The third kappa shape index (κ3) is 5.52. The third-order valence-electron chi connectivity index (χ3n) is 2.27. The zero-order chi connectivity index (χ0) is 12.8. The Kier molecular flexibility index (Phi) is 5.95. The summed E-state index contributed by atoms with van der Waals surface area (Å²) in [6.07, 6.45) is 2.14. The quantitative estimate of drug-likeness (QED) is 0.872. The van der Waals surface area contributed by atoms with Crippen LogP contribution in [0.5, 0.6) is 0 Å². The number of carbonyl (C=O) groups is 1. The summed E-state index contributed by atoms with van der Waals surface area (Å²) >= 11 is 9.16. The molecule has 0 aliphatic heterocycles. The number of hydrogen-bond acceptors (Lipinski definition) is 2. The molecule has 94 valence electrons. The van der Waals surface area contributed by atoms with Gasteiger partial charge in [-0.3, -0.25) is 4.79 Å². The highest BCUT2D eigenvalue weighted by molar-refractivity contribution is 9.10. The molecule has 0 saturated heterocycles. The van der Waals surface area contributed by atoms with Gasteiger partial charge in [0, 0.05) is 22.0 Å². The van der Waals surface area contributed by atoms with Crippen molar-refractivity contribution in [1.82, 2.24) is 0 Å². The van der Waals surface area contributed by atoms with Gasteiger partial charge in [0.25, 0.3) is 0 Å². The maximum absolute atomic E-state index is 11.6. The number of amides is 1. The van der Waals surface area contributed by atoms with Crippen molar-refractivity contribution >= 4 is 39.1 Å². The van der Waals surface area contributed by atoms with E-state index in [1.54, 1.807) is 18.2 Å². The van der Waals surface area contributed by atoms with Crippen LogP contribution in [0.15, 0.2) is 22.7 Å². The molecule has 1 rings (SSSR count). The lowest BCUT2D eigenvalue weighted by molar-refractivity contribution is -0.116. The van der Waals surface area contributed by atoms with E-state index in [4.69, 9.17) is 17.3 Å². The van der Waals surface area contributed by atoms with Gasteiger partial charge in [-0.15, -0.1) is 0 Å². The summed E-state index contributed by atoms with van der Waals surface area (Å²) in [5.74, 6) is -0.00586. The molecule has 1 atom stereocenters. The molecule has 0 bridgehead atoms. The maximum Gasteiger partial charge on any atom is 0.224 e. The van der Waals surface area contributed by atoms with Crippen molar-refractivity contribution in [3.8, 4) is 0 Å². The molecule has 0 radical (unpaired) electrons. The molecular formula is C12H16BrClN2O. The molecule has 0 saturated carbocycles. The van der Waals surface area contributed by atoms with Crippen LogP contribution in [0.3, 0.4) is 0 Å². The summed E-state index contributed by atoms with van der Waals surface area (Å²) in [6.45, 7) is 1.94. The minimum Gasteiger partial charge on any atom is -0.328 e. The van der Waals surface area contributed by atoms with Crippen LogP contribution in [0.25, 0.3) is 0 Å². The second kappa shape index (κ2) is 6.99. The molecule has 0 fully saturated rings. The van der Waals surface area contributed by atoms with E-state index in [2.05, 4.69) is 21.2 Å². The standard InChI is InChI=1S/C12H16BrClN2O/c1-8(15)3-2-4-12(17)16-11-6-5-9(14)7-10(11)13/h5-8H,2-4,15H2,1H3,(H,16,17). The molecule has 1 amide bonds. The first-order valence-corrected chi connectivity index (χ1v) is 6.66. The number of nitrogens with two attached hydrogens (primary N) is 1. The number of carbonyl (C=O) groups excluding carboxylic acids is 1. The zero-order valence-electron chi connectivity index (χ0n) is 9.67. The van der Waals surface area contributed by atoms with E-state index >= 15 is 0 Å². The Morgan fingerprint density at radius 2 is 2.29 bits per heavy atom. The van der Waals surface area contributed by atoms with E-state index in [0.29, 0.717) is 11.4 Å². The maximum atomic E-state index is 11.6. The van der Waals surface area contributed by atoms with Gasteiger partial charge >= 0.3 is 0 Å². The van der Waals surface area contributed by atoms with E-state index < -0.39 is 0 Å². The molecule has 0 heterocycles. The molecule has 1 unspecified atom stereocenters. The van der Waals surface area contributed by atoms with Crippen molar-refractivity contribution < 1.29 is 4.79 Å². The van der Waals surface area contributed by atoms with Gasteiger partial charge in [0.1, 0.15) is 0 Å². The smallest absolute Gasteiger partial charge is 0.224 e. The summed E-state index contributed by atoms with van der Waals surface area (Å²) in [5.41, 5.74) is 6.35. The van der Waals surface area contributed by atoms with Crippen molar-refractivity contribution in [2.45, 2.75) is 32.2 Å². The molecule has 0 aliphatic carbocycles. The zero-order valence-corrected chi connectivity index (χ0v) is 12.0. The molecule has 0 aliphatic rings. The van der Waals surface area contributed by atoms with Gasteiger partial charge in [-0.05, 0) is 53.9 Å². The van der Waals surface area contributed by atoms with E-state index in [9.17, 15) is 4.79 Å². The lowest BCUT2D eigenvalue weighted by atomic mass is 10.1. The Bertz CT molecular complexity index is 396. The predicted octanol–water partition coefficient (Wildman–Crippen LogP) is 3.56. The van der Waals surface area contributed by atoms with Gasteiger partial charge in [0.15, 0.2) is 0 Å². The monoisotopic (exact) mass is 318 g/mol. The van der Waals surface area contributed by atoms with Gasteiger partial charge in [-0.25, -0.2) is 0 Å². The van der Waals surface area contributed by atoms with E-state index in [1.807, 2.05) is 6.92 Å². The van der Waals surface area contributed by atoms with Gasteiger partial charge in [0.2, 0.25) is 5.91 Å².